The van der Waals surface area contributed by atoms with Gasteiger partial charge in [0.2, 0.25) is 15.9 Å². The molecule has 2 atom stereocenters. The van der Waals surface area contributed by atoms with Gasteiger partial charge in [0.1, 0.15) is 0 Å². The van der Waals surface area contributed by atoms with Crippen molar-refractivity contribution in [3.05, 3.63) is 65.7 Å². The Morgan fingerprint density at radius 2 is 1.45 bits per heavy atom. The Morgan fingerprint density at radius 1 is 0.897 bits per heavy atom. The summed E-state index contributed by atoms with van der Waals surface area (Å²) >= 11 is 0. The lowest BCUT2D eigenvalue weighted by Crippen LogP contribution is -2.36. The van der Waals surface area contributed by atoms with Gasteiger partial charge in [-0.05, 0) is 37.1 Å². The fraction of sp³-hybridized carbons (Fsp3) is 0.409. The molecule has 0 aliphatic carbocycles. The van der Waals surface area contributed by atoms with Crippen molar-refractivity contribution in [2.24, 2.45) is 0 Å². The Labute approximate surface area is 174 Å². The topological polar surface area (TPSA) is 78.5 Å². The predicted octanol–water partition coefficient (Wildman–Crippen LogP) is 3.25. The zero-order valence-corrected chi connectivity index (χ0v) is 18.4. The molecule has 0 aromatic heterocycles. The molecule has 0 saturated heterocycles. The molecular formula is C22H31N3O3S. The highest BCUT2D eigenvalue weighted by Crippen LogP contribution is 2.19. The van der Waals surface area contributed by atoms with Gasteiger partial charge in [0, 0.05) is 19.1 Å². The highest BCUT2D eigenvalue weighted by Gasteiger charge is 2.21. The smallest absolute Gasteiger partial charge is 0.243 e. The molecule has 29 heavy (non-hydrogen) atoms. The van der Waals surface area contributed by atoms with Crippen LogP contribution in [0, 0.1) is 0 Å². The first kappa shape index (κ1) is 23.1. The van der Waals surface area contributed by atoms with Crippen molar-refractivity contribution < 1.29 is 13.2 Å². The maximum Gasteiger partial charge on any atom is 0.243 e. The van der Waals surface area contributed by atoms with Crippen LogP contribution in [-0.4, -0.2) is 38.3 Å². The molecule has 2 aromatic rings. The van der Waals surface area contributed by atoms with E-state index in [0.29, 0.717) is 13.1 Å². The maximum atomic E-state index is 12.6. The number of rotatable bonds is 10. The third-order valence-electron chi connectivity index (χ3n) is 4.97. The van der Waals surface area contributed by atoms with Gasteiger partial charge in [0.15, 0.2) is 0 Å². The van der Waals surface area contributed by atoms with Crippen molar-refractivity contribution in [1.29, 1.82) is 0 Å². The van der Waals surface area contributed by atoms with Crippen molar-refractivity contribution in [3.63, 3.8) is 0 Å². The van der Waals surface area contributed by atoms with E-state index in [1.54, 1.807) is 24.3 Å². The number of nitrogens with zero attached hydrogens (tertiary/aromatic N) is 1. The normalized spacial score (nSPS) is 13.8. The molecular weight excluding hydrogens is 386 g/mol. The molecule has 2 aromatic carbocycles. The summed E-state index contributed by atoms with van der Waals surface area (Å²) in [7, 11) is -3.46. The van der Waals surface area contributed by atoms with Crippen LogP contribution in [0.3, 0.4) is 0 Å². The minimum atomic E-state index is -3.46. The van der Waals surface area contributed by atoms with Gasteiger partial charge < -0.3 is 10.6 Å². The average Bonchev–Trinajstić information content (AvgIpc) is 2.73. The van der Waals surface area contributed by atoms with Crippen LogP contribution in [0.2, 0.25) is 0 Å². The molecule has 0 bridgehead atoms. The molecule has 0 spiro atoms. The summed E-state index contributed by atoms with van der Waals surface area (Å²) in [5, 5.41) is 6.16. The summed E-state index contributed by atoms with van der Waals surface area (Å²) in [5.74, 6) is -0.0889. The molecule has 0 unspecified atom stereocenters. The van der Waals surface area contributed by atoms with Crippen molar-refractivity contribution in [1.82, 2.24) is 14.9 Å². The summed E-state index contributed by atoms with van der Waals surface area (Å²) in [4.78, 5) is 12.5. The molecule has 7 heteroatoms. The number of amides is 1. The minimum Gasteiger partial charge on any atom is -0.348 e. The highest BCUT2D eigenvalue weighted by molar-refractivity contribution is 7.89. The van der Waals surface area contributed by atoms with Gasteiger partial charge in [-0.2, -0.15) is 4.31 Å². The average molecular weight is 418 g/mol. The van der Waals surface area contributed by atoms with E-state index < -0.39 is 10.0 Å². The monoisotopic (exact) mass is 417 g/mol. The van der Waals surface area contributed by atoms with E-state index in [1.807, 2.05) is 58.0 Å². The molecule has 2 N–H and O–H groups in total. The lowest BCUT2D eigenvalue weighted by Gasteiger charge is -2.20. The fourth-order valence-corrected chi connectivity index (χ4v) is 4.58. The standard InChI is InChI=1S/C22H31N3O3S/c1-5-25(6-2)29(27,28)21-14-12-20(13-15-21)17(3)23-16-22(26)24-18(4)19-10-8-7-9-11-19/h7-15,17-18,23H,5-6,16H2,1-4H3,(H,24,26)/t17-,18-/m0/s1. The number of nitrogens with one attached hydrogen (secondary N) is 2. The van der Waals surface area contributed by atoms with Gasteiger partial charge in [-0.1, -0.05) is 56.3 Å². The summed E-state index contributed by atoms with van der Waals surface area (Å²) in [5.41, 5.74) is 1.98. The Kier molecular flexibility index (Phi) is 8.37. The second-order valence-corrected chi connectivity index (χ2v) is 8.90. The van der Waals surface area contributed by atoms with Crippen LogP contribution in [0.1, 0.15) is 50.9 Å². The third kappa shape index (κ3) is 6.13. The van der Waals surface area contributed by atoms with E-state index in [0.717, 1.165) is 11.1 Å². The van der Waals surface area contributed by atoms with Crippen LogP contribution in [-0.2, 0) is 14.8 Å². The predicted molar refractivity (Wildman–Crippen MR) is 116 cm³/mol. The maximum absolute atomic E-state index is 12.6. The quantitative estimate of drug-likeness (QED) is 0.622. The molecule has 158 valence electrons. The Hall–Kier alpha value is -2.22. The first-order chi connectivity index (χ1) is 13.8. The zero-order valence-electron chi connectivity index (χ0n) is 17.6. The third-order valence-corrected chi connectivity index (χ3v) is 7.03. The lowest BCUT2D eigenvalue weighted by atomic mass is 10.1. The van der Waals surface area contributed by atoms with Gasteiger partial charge in [-0.25, -0.2) is 8.42 Å². The Bertz CT molecular complexity index is 879. The SMILES string of the molecule is CCN(CC)S(=O)(=O)c1ccc([C@H](C)NCC(=O)N[C@@H](C)c2ccccc2)cc1. The van der Waals surface area contributed by atoms with Gasteiger partial charge in [0.05, 0.1) is 17.5 Å². The van der Waals surface area contributed by atoms with Crippen LogP contribution in [0.25, 0.3) is 0 Å². The summed E-state index contributed by atoms with van der Waals surface area (Å²) < 4.78 is 26.6. The van der Waals surface area contributed by atoms with Gasteiger partial charge in [-0.15, -0.1) is 0 Å². The number of hydrogen-bond acceptors (Lipinski definition) is 4. The first-order valence-electron chi connectivity index (χ1n) is 9.97. The van der Waals surface area contributed by atoms with Crippen molar-refractivity contribution >= 4 is 15.9 Å². The van der Waals surface area contributed by atoms with Crippen LogP contribution >= 0.6 is 0 Å². The largest absolute Gasteiger partial charge is 0.348 e. The van der Waals surface area contributed by atoms with E-state index >= 15 is 0 Å². The number of hydrogen-bond donors (Lipinski definition) is 2. The van der Waals surface area contributed by atoms with E-state index in [2.05, 4.69) is 10.6 Å². The second-order valence-electron chi connectivity index (χ2n) is 6.96. The number of sulfonamides is 1. The van der Waals surface area contributed by atoms with Crippen molar-refractivity contribution in [2.75, 3.05) is 19.6 Å². The zero-order chi connectivity index (χ0) is 21.4. The fourth-order valence-electron chi connectivity index (χ4n) is 3.12. The van der Waals surface area contributed by atoms with Crippen molar-refractivity contribution in [3.8, 4) is 0 Å². The lowest BCUT2D eigenvalue weighted by molar-refractivity contribution is -0.121. The van der Waals surface area contributed by atoms with Crippen LogP contribution in [0.15, 0.2) is 59.5 Å². The molecule has 6 nitrogen and oxygen atoms in total. The number of carbonyl (C=O) groups is 1. The minimum absolute atomic E-state index is 0.0645. The number of benzene rings is 2. The number of carbonyl (C=O) groups excluding carboxylic acids is 1. The van der Waals surface area contributed by atoms with E-state index in [4.69, 9.17) is 0 Å². The summed E-state index contributed by atoms with van der Waals surface area (Å²) in [6, 6.07) is 16.5. The second kappa shape index (κ2) is 10.5. The first-order valence-corrected chi connectivity index (χ1v) is 11.4. The van der Waals surface area contributed by atoms with Crippen LogP contribution in [0.4, 0.5) is 0 Å². The molecule has 1 amide bonds. The summed E-state index contributed by atoms with van der Waals surface area (Å²) in [6.07, 6.45) is 0. The van der Waals surface area contributed by atoms with Gasteiger partial charge in [0.25, 0.3) is 0 Å². The Morgan fingerprint density at radius 3 is 2.00 bits per heavy atom. The van der Waals surface area contributed by atoms with Crippen LogP contribution < -0.4 is 10.6 Å². The molecule has 0 saturated carbocycles. The molecule has 0 aliphatic heterocycles. The molecule has 2 rings (SSSR count). The molecule has 0 aliphatic rings. The molecule has 0 fully saturated rings. The van der Waals surface area contributed by atoms with E-state index in [1.165, 1.54) is 4.31 Å². The highest BCUT2D eigenvalue weighted by atomic mass is 32.2. The van der Waals surface area contributed by atoms with Crippen molar-refractivity contribution in [2.45, 2.75) is 44.7 Å². The van der Waals surface area contributed by atoms with E-state index in [9.17, 15) is 13.2 Å². The van der Waals surface area contributed by atoms with Gasteiger partial charge >= 0.3 is 0 Å². The summed E-state index contributed by atoms with van der Waals surface area (Å²) in [6.45, 7) is 8.60. The molecule has 0 radical (unpaired) electrons. The van der Waals surface area contributed by atoms with Crippen LogP contribution in [0.5, 0.6) is 0 Å². The van der Waals surface area contributed by atoms with Gasteiger partial charge in [-0.3, -0.25) is 4.79 Å². The Balaban J connectivity index is 1.92. The van der Waals surface area contributed by atoms with E-state index in [-0.39, 0.29) is 29.4 Å². The molecule has 0 heterocycles.